The Balaban J connectivity index is 1.93. The normalized spacial score (nSPS) is 36.6. The molecule has 0 saturated heterocycles. The van der Waals surface area contributed by atoms with E-state index in [9.17, 15) is 5.11 Å². The number of aliphatic imine (C=N–C) groups is 1. The summed E-state index contributed by atoms with van der Waals surface area (Å²) in [6, 6.07) is 0.326. The van der Waals surface area contributed by atoms with E-state index in [0.717, 1.165) is 31.6 Å². The average molecular weight is 197 g/mol. The van der Waals surface area contributed by atoms with Gasteiger partial charge >= 0.3 is 0 Å². The fourth-order valence-electron chi connectivity index (χ4n) is 2.21. The van der Waals surface area contributed by atoms with Gasteiger partial charge in [0.05, 0.1) is 12.1 Å². The van der Waals surface area contributed by atoms with Crippen molar-refractivity contribution in [1.29, 1.82) is 0 Å². The van der Waals surface area contributed by atoms with Gasteiger partial charge in [-0.2, -0.15) is 0 Å². The van der Waals surface area contributed by atoms with Crippen molar-refractivity contribution in [3.8, 4) is 0 Å². The van der Waals surface area contributed by atoms with Crippen molar-refractivity contribution in [1.82, 2.24) is 0 Å². The van der Waals surface area contributed by atoms with Crippen molar-refractivity contribution >= 4 is 5.90 Å². The molecule has 2 rings (SSSR count). The van der Waals surface area contributed by atoms with E-state index in [1.807, 2.05) is 0 Å². The third kappa shape index (κ3) is 2.08. The Hall–Kier alpha value is -0.570. The topological polar surface area (TPSA) is 41.8 Å². The molecule has 0 amide bonds. The van der Waals surface area contributed by atoms with Crippen molar-refractivity contribution in [3.63, 3.8) is 0 Å². The van der Waals surface area contributed by atoms with E-state index in [2.05, 4.69) is 18.8 Å². The minimum atomic E-state index is -0.176. The summed E-state index contributed by atoms with van der Waals surface area (Å²) in [7, 11) is 0. The van der Waals surface area contributed by atoms with Crippen LogP contribution in [-0.4, -0.2) is 29.3 Å². The molecule has 1 N–H and O–H groups in total. The van der Waals surface area contributed by atoms with E-state index in [1.54, 1.807) is 0 Å². The summed E-state index contributed by atoms with van der Waals surface area (Å²) in [6.45, 7) is 4.34. The lowest BCUT2D eigenvalue weighted by Gasteiger charge is -2.26. The van der Waals surface area contributed by atoms with Gasteiger partial charge in [0.2, 0.25) is 0 Å². The zero-order valence-electron chi connectivity index (χ0n) is 8.94. The van der Waals surface area contributed by atoms with Crippen molar-refractivity contribution in [3.05, 3.63) is 0 Å². The van der Waals surface area contributed by atoms with E-state index >= 15 is 0 Å². The molecule has 3 atom stereocenters. The van der Waals surface area contributed by atoms with Gasteiger partial charge in [0, 0.05) is 12.8 Å². The SMILES string of the molecule is CC(C)CC1=NC2CCC(O)CC2O1. The van der Waals surface area contributed by atoms with E-state index in [4.69, 9.17) is 4.74 Å². The molecule has 1 saturated carbocycles. The third-order valence-corrected chi connectivity index (χ3v) is 2.91. The standard InChI is InChI=1S/C11H19NO2/c1-7(2)5-11-12-9-4-3-8(13)6-10(9)14-11/h7-10,13H,3-6H2,1-2H3. The molecule has 3 unspecified atom stereocenters. The first-order chi connectivity index (χ1) is 6.65. The molecule has 2 aliphatic rings. The van der Waals surface area contributed by atoms with Gasteiger partial charge in [-0.3, -0.25) is 0 Å². The highest BCUT2D eigenvalue weighted by atomic mass is 16.5. The van der Waals surface area contributed by atoms with Crippen molar-refractivity contribution in [2.75, 3.05) is 0 Å². The number of rotatable bonds is 2. The monoisotopic (exact) mass is 197 g/mol. The summed E-state index contributed by atoms with van der Waals surface area (Å²) >= 11 is 0. The molecule has 1 heterocycles. The van der Waals surface area contributed by atoms with E-state index < -0.39 is 0 Å². The largest absolute Gasteiger partial charge is 0.475 e. The van der Waals surface area contributed by atoms with Crippen LogP contribution in [0, 0.1) is 5.92 Å². The highest BCUT2D eigenvalue weighted by molar-refractivity contribution is 5.78. The molecule has 1 aliphatic carbocycles. The van der Waals surface area contributed by atoms with Crippen LogP contribution in [0.3, 0.4) is 0 Å². The lowest BCUT2D eigenvalue weighted by atomic mass is 9.91. The zero-order valence-corrected chi connectivity index (χ0v) is 8.94. The van der Waals surface area contributed by atoms with Gasteiger partial charge in [-0.05, 0) is 18.8 Å². The first-order valence-electron chi connectivity index (χ1n) is 5.56. The number of nitrogens with zero attached hydrogens (tertiary/aromatic N) is 1. The van der Waals surface area contributed by atoms with Gasteiger partial charge < -0.3 is 9.84 Å². The predicted octanol–water partition coefficient (Wildman–Crippen LogP) is 1.74. The van der Waals surface area contributed by atoms with Crippen LogP contribution in [0.4, 0.5) is 0 Å². The van der Waals surface area contributed by atoms with Crippen LogP contribution < -0.4 is 0 Å². The summed E-state index contributed by atoms with van der Waals surface area (Å²) in [5, 5.41) is 9.49. The Morgan fingerprint density at radius 3 is 3.00 bits per heavy atom. The number of fused-ring (bicyclic) bond motifs is 1. The smallest absolute Gasteiger partial charge is 0.184 e. The van der Waals surface area contributed by atoms with E-state index in [0.29, 0.717) is 12.0 Å². The molecule has 14 heavy (non-hydrogen) atoms. The maximum Gasteiger partial charge on any atom is 0.184 e. The molecule has 3 nitrogen and oxygen atoms in total. The Bertz CT molecular complexity index is 237. The minimum absolute atomic E-state index is 0.160. The van der Waals surface area contributed by atoms with Gasteiger partial charge in [-0.25, -0.2) is 4.99 Å². The van der Waals surface area contributed by atoms with Crippen LogP contribution in [0.15, 0.2) is 4.99 Å². The van der Waals surface area contributed by atoms with Gasteiger partial charge in [0.25, 0.3) is 0 Å². The quantitative estimate of drug-likeness (QED) is 0.732. The molecule has 0 aromatic heterocycles. The molecule has 0 aromatic rings. The lowest BCUT2D eigenvalue weighted by molar-refractivity contribution is 0.0492. The molecular formula is C11H19NO2. The van der Waals surface area contributed by atoms with Crippen molar-refractivity contribution < 1.29 is 9.84 Å². The molecule has 0 bridgehead atoms. The number of ether oxygens (including phenoxy) is 1. The highest BCUT2D eigenvalue weighted by Crippen LogP contribution is 2.30. The van der Waals surface area contributed by atoms with E-state index in [-0.39, 0.29) is 12.2 Å². The molecule has 80 valence electrons. The zero-order chi connectivity index (χ0) is 10.1. The van der Waals surface area contributed by atoms with Crippen LogP contribution >= 0.6 is 0 Å². The molecule has 0 spiro atoms. The van der Waals surface area contributed by atoms with Crippen molar-refractivity contribution in [2.45, 2.75) is 57.8 Å². The maximum atomic E-state index is 9.49. The minimum Gasteiger partial charge on any atom is -0.475 e. The van der Waals surface area contributed by atoms with Gasteiger partial charge in [0.15, 0.2) is 5.90 Å². The molecule has 1 aliphatic heterocycles. The fourth-order valence-corrected chi connectivity index (χ4v) is 2.21. The first-order valence-corrected chi connectivity index (χ1v) is 5.56. The van der Waals surface area contributed by atoms with Gasteiger partial charge in [-0.1, -0.05) is 13.8 Å². The Morgan fingerprint density at radius 1 is 1.50 bits per heavy atom. The molecule has 0 radical (unpaired) electrons. The second-order valence-electron chi connectivity index (χ2n) is 4.81. The number of aliphatic hydroxyl groups excluding tert-OH is 1. The summed E-state index contributed by atoms with van der Waals surface area (Å²) in [6.07, 6.45) is 3.53. The average Bonchev–Trinajstić information content (AvgIpc) is 2.44. The molecular weight excluding hydrogens is 178 g/mol. The molecule has 1 fully saturated rings. The number of hydrogen-bond acceptors (Lipinski definition) is 3. The van der Waals surface area contributed by atoms with Crippen LogP contribution in [0.5, 0.6) is 0 Å². The summed E-state index contributed by atoms with van der Waals surface area (Å²) in [4.78, 5) is 4.57. The predicted molar refractivity (Wildman–Crippen MR) is 55.4 cm³/mol. The Morgan fingerprint density at radius 2 is 2.29 bits per heavy atom. The Kier molecular flexibility index (Phi) is 2.77. The molecule has 3 heteroatoms. The summed E-state index contributed by atoms with van der Waals surface area (Å²) in [5.74, 6) is 1.50. The fraction of sp³-hybridized carbons (Fsp3) is 0.909. The van der Waals surface area contributed by atoms with Gasteiger partial charge in [0.1, 0.15) is 6.10 Å². The highest BCUT2D eigenvalue weighted by Gasteiger charge is 2.36. The number of hydrogen-bond donors (Lipinski definition) is 1. The maximum absolute atomic E-state index is 9.49. The van der Waals surface area contributed by atoms with Crippen LogP contribution in [0.25, 0.3) is 0 Å². The summed E-state index contributed by atoms with van der Waals surface area (Å²) in [5.41, 5.74) is 0. The first kappa shape index (κ1) is 9.97. The second kappa shape index (κ2) is 3.89. The van der Waals surface area contributed by atoms with Crippen LogP contribution in [0.1, 0.15) is 39.5 Å². The number of aliphatic hydroxyl groups is 1. The van der Waals surface area contributed by atoms with Crippen LogP contribution in [0.2, 0.25) is 0 Å². The van der Waals surface area contributed by atoms with Crippen molar-refractivity contribution in [2.24, 2.45) is 10.9 Å². The molecule has 0 aromatic carbocycles. The summed E-state index contributed by atoms with van der Waals surface area (Å²) < 4.78 is 5.74. The van der Waals surface area contributed by atoms with Crippen LogP contribution in [-0.2, 0) is 4.74 Å². The Labute approximate surface area is 85.2 Å². The second-order valence-corrected chi connectivity index (χ2v) is 4.81. The lowest BCUT2D eigenvalue weighted by Crippen LogP contribution is -2.33. The van der Waals surface area contributed by atoms with Gasteiger partial charge in [-0.15, -0.1) is 0 Å². The van der Waals surface area contributed by atoms with E-state index in [1.165, 1.54) is 0 Å². The third-order valence-electron chi connectivity index (χ3n) is 2.91.